The molecule has 0 heterocycles. The van der Waals surface area contributed by atoms with Gasteiger partial charge in [-0.2, -0.15) is 0 Å². The van der Waals surface area contributed by atoms with Crippen molar-refractivity contribution in [2.75, 3.05) is 19.0 Å². The van der Waals surface area contributed by atoms with Crippen molar-refractivity contribution in [3.8, 4) is 0 Å². The maximum absolute atomic E-state index is 12.6. The summed E-state index contributed by atoms with van der Waals surface area (Å²) in [5.41, 5.74) is 0.514. The van der Waals surface area contributed by atoms with Crippen LogP contribution in [0, 0.1) is 5.82 Å². The summed E-state index contributed by atoms with van der Waals surface area (Å²) in [6, 6.07) is 5.02. The molecule has 3 N–H and O–H groups in total. The summed E-state index contributed by atoms with van der Waals surface area (Å²) in [5.74, 6) is -1.01. The van der Waals surface area contributed by atoms with Gasteiger partial charge in [-0.1, -0.05) is 0 Å². The zero-order chi connectivity index (χ0) is 13.5. The normalized spacial score (nSPS) is 11.7. The van der Waals surface area contributed by atoms with Gasteiger partial charge in [0, 0.05) is 5.69 Å². The van der Waals surface area contributed by atoms with Gasteiger partial charge in [0.25, 0.3) is 5.91 Å². The van der Waals surface area contributed by atoms with Gasteiger partial charge in [0.05, 0.1) is 7.11 Å². The van der Waals surface area contributed by atoms with Gasteiger partial charge in [-0.25, -0.2) is 9.18 Å². The Labute approximate surface area is 104 Å². The molecule has 0 aliphatic heterocycles. The van der Waals surface area contributed by atoms with Crippen molar-refractivity contribution >= 4 is 17.6 Å². The third kappa shape index (κ3) is 4.50. The lowest BCUT2D eigenvalue weighted by atomic mass is 10.3. The lowest BCUT2D eigenvalue weighted by Crippen LogP contribution is -2.92. The number of anilines is 1. The van der Waals surface area contributed by atoms with Gasteiger partial charge in [0.2, 0.25) is 0 Å². The lowest BCUT2D eigenvalue weighted by Gasteiger charge is -2.08. The molecule has 1 rings (SSSR count). The highest BCUT2D eigenvalue weighted by atomic mass is 19.1. The van der Waals surface area contributed by atoms with Crippen molar-refractivity contribution in [3.05, 3.63) is 30.1 Å². The maximum atomic E-state index is 12.6. The molecule has 1 atom stereocenters. The second-order valence-corrected chi connectivity index (χ2v) is 3.81. The molecular weight excluding hydrogens is 239 g/mol. The van der Waals surface area contributed by atoms with Gasteiger partial charge in [-0.05, 0) is 31.2 Å². The minimum absolute atomic E-state index is 0.0909. The van der Waals surface area contributed by atoms with Gasteiger partial charge in [-0.3, -0.25) is 4.79 Å². The lowest BCUT2D eigenvalue weighted by molar-refractivity contribution is -0.664. The number of esters is 1. The molecule has 1 aromatic carbocycles. The molecule has 5 nitrogen and oxygen atoms in total. The molecule has 0 aliphatic carbocycles. The predicted molar refractivity (Wildman–Crippen MR) is 63.3 cm³/mol. The topological polar surface area (TPSA) is 72.0 Å². The average molecular weight is 255 g/mol. The zero-order valence-electron chi connectivity index (χ0n) is 10.3. The molecule has 0 bridgehead atoms. The van der Waals surface area contributed by atoms with Crippen LogP contribution >= 0.6 is 0 Å². The van der Waals surface area contributed by atoms with E-state index in [0.717, 1.165) is 0 Å². The number of nitrogens with two attached hydrogens (primary N) is 1. The van der Waals surface area contributed by atoms with Crippen LogP contribution in [-0.4, -0.2) is 31.6 Å². The first-order valence-corrected chi connectivity index (χ1v) is 5.49. The zero-order valence-corrected chi connectivity index (χ0v) is 10.3. The Kier molecular flexibility index (Phi) is 5.26. The number of methoxy groups -OCH3 is 1. The number of ether oxygens (including phenoxy) is 1. The SMILES string of the molecule is COC(=O)[C@@H](C)[NH2+]CC(=O)Nc1ccc(F)cc1. The molecule has 0 radical (unpaired) electrons. The first kappa shape index (κ1) is 14.1. The minimum Gasteiger partial charge on any atom is -0.465 e. The molecule has 0 saturated carbocycles. The van der Waals surface area contributed by atoms with Crippen LogP contribution in [0.25, 0.3) is 0 Å². The van der Waals surface area contributed by atoms with E-state index in [4.69, 9.17) is 0 Å². The number of carbonyl (C=O) groups excluding carboxylic acids is 2. The second-order valence-electron chi connectivity index (χ2n) is 3.81. The summed E-state index contributed by atoms with van der Waals surface area (Å²) >= 11 is 0. The fraction of sp³-hybridized carbons (Fsp3) is 0.333. The fourth-order valence-corrected chi connectivity index (χ4v) is 1.31. The molecule has 0 saturated heterocycles. The second kappa shape index (κ2) is 6.70. The highest BCUT2D eigenvalue weighted by molar-refractivity contribution is 5.91. The van der Waals surface area contributed by atoms with Crippen LogP contribution in [0.3, 0.4) is 0 Å². The predicted octanol–water partition coefficient (Wildman–Crippen LogP) is -0.111. The Hall–Kier alpha value is -1.95. The van der Waals surface area contributed by atoms with Crippen LogP contribution in [0.2, 0.25) is 0 Å². The molecule has 0 aromatic heterocycles. The van der Waals surface area contributed by atoms with E-state index < -0.39 is 6.04 Å². The number of rotatable bonds is 5. The fourth-order valence-electron chi connectivity index (χ4n) is 1.31. The van der Waals surface area contributed by atoms with Crippen molar-refractivity contribution in [3.63, 3.8) is 0 Å². The molecule has 1 aromatic rings. The van der Waals surface area contributed by atoms with E-state index in [1.807, 2.05) is 0 Å². The average Bonchev–Trinajstić information content (AvgIpc) is 2.37. The highest BCUT2D eigenvalue weighted by Gasteiger charge is 2.17. The minimum atomic E-state index is -0.436. The number of benzene rings is 1. The molecule has 6 heteroatoms. The first-order chi connectivity index (χ1) is 8.52. The number of hydrogen-bond donors (Lipinski definition) is 2. The third-order valence-electron chi connectivity index (χ3n) is 2.36. The van der Waals surface area contributed by atoms with E-state index in [1.54, 1.807) is 12.2 Å². The van der Waals surface area contributed by atoms with Crippen LogP contribution in [0.4, 0.5) is 10.1 Å². The number of hydrogen-bond acceptors (Lipinski definition) is 3. The molecular formula is C12H16FN2O3+. The number of carbonyl (C=O) groups is 2. The van der Waals surface area contributed by atoms with Crippen LogP contribution in [0.5, 0.6) is 0 Å². The summed E-state index contributed by atoms with van der Waals surface area (Å²) in [6.45, 7) is 1.74. The Morgan fingerprint density at radius 1 is 1.39 bits per heavy atom. The molecule has 0 fully saturated rings. The largest absolute Gasteiger partial charge is 0.465 e. The summed E-state index contributed by atoms with van der Waals surface area (Å²) in [7, 11) is 1.30. The Balaban J connectivity index is 2.38. The van der Waals surface area contributed by atoms with Crippen LogP contribution in [0.1, 0.15) is 6.92 Å². The number of amides is 1. The van der Waals surface area contributed by atoms with Crippen molar-refractivity contribution in [2.24, 2.45) is 0 Å². The smallest absolute Gasteiger partial charge is 0.364 e. The van der Waals surface area contributed by atoms with Crippen molar-refractivity contribution in [2.45, 2.75) is 13.0 Å². The van der Waals surface area contributed by atoms with Crippen molar-refractivity contribution < 1.29 is 24.0 Å². The summed E-state index contributed by atoms with van der Waals surface area (Å²) in [5, 5.41) is 4.15. The van der Waals surface area contributed by atoms with E-state index in [1.165, 1.54) is 31.4 Å². The Morgan fingerprint density at radius 2 is 2.00 bits per heavy atom. The molecule has 1 amide bonds. The molecule has 18 heavy (non-hydrogen) atoms. The standard InChI is InChI=1S/C12H15FN2O3/c1-8(12(17)18-2)14-7-11(16)15-10-5-3-9(13)4-6-10/h3-6,8,14H,7H2,1-2H3,(H,15,16)/p+1/t8-/m1/s1. The first-order valence-electron chi connectivity index (χ1n) is 5.49. The number of quaternary nitrogens is 1. The molecule has 0 aliphatic rings. The molecule has 98 valence electrons. The maximum Gasteiger partial charge on any atom is 0.364 e. The molecule has 0 unspecified atom stereocenters. The van der Waals surface area contributed by atoms with E-state index in [2.05, 4.69) is 10.1 Å². The monoisotopic (exact) mass is 255 g/mol. The quantitative estimate of drug-likeness (QED) is 0.721. The Morgan fingerprint density at radius 3 is 2.56 bits per heavy atom. The summed E-state index contributed by atoms with van der Waals surface area (Å²) in [4.78, 5) is 22.6. The van der Waals surface area contributed by atoms with Crippen LogP contribution in [0.15, 0.2) is 24.3 Å². The van der Waals surface area contributed by atoms with Crippen LogP contribution in [-0.2, 0) is 14.3 Å². The van der Waals surface area contributed by atoms with Crippen LogP contribution < -0.4 is 10.6 Å². The van der Waals surface area contributed by atoms with Crippen molar-refractivity contribution in [1.29, 1.82) is 0 Å². The van der Waals surface area contributed by atoms with Gasteiger partial charge in [-0.15, -0.1) is 0 Å². The van der Waals surface area contributed by atoms with Gasteiger partial charge in [0.15, 0.2) is 12.6 Å². The van der Waals surface area contributed by atoms with Gasteiger partial charge < -0.3 is 15.4 Å². The summed E-state index contributed by atoms with van der Waals surface area (Å²) in [6.07, 6.45) is 0. The van der Waals surface area contributed by atoms with Gasteiger partial charge >= 0.3 is 5.97 Å². The highest BCUT2D eigenvalue weighted by Crippen LogP contribution is 2.07. The van der Waals surface area contributed by atoms with E-state index in [-0.39, 0.29) is 24.2 Å². The Bertz CT molecular complexity index is 420. The number of nitrogens with one attached hydrogen (secondary N) is 1. The summed E-state index contributed by atoms with van der Waals surface area (Å²) < 4.78 is 17.2. The van der Waals surface area contributed by atoms with E-state index >= 15 is 0 Å². The molecule has 0 spiro atoms. The third-order valence-corrected chi connectivity index (χ3v) is 2.36. The van der Waals surface area contributed by atoms with E-state index in [9.17, 15) is 14.0 Å². The van der Waals surface area contributed by atoms with Gasteiger partial charge in [0.1, 0.15) is 5.82 Å². The number of halogens is 1. The van der Waals surface area contributed by atoms with Crippen molar-refractivity contribution in [1.82, 2.24) is 0 Å². The van der Waals surface area contributed by atoms with E-state index in [0.29, 0.717) is 5.69 Å².